The molecule has 0 saturated heterocycles. The first-order chi connectivity index (χ1) is 8.93. The van der Waals surface area contributed by atoms with Crippen LogP contribution < -0.4 is 0 Å². The zero-order valence-electron chi connectivity index (χ0n) is 10.3. The predicted molar refractivity (Wildman–Crippen MR) is 64.0 cm³/mol. The maximum absolute atomic E-state index is 11.4. The molecule has 20 heavy (non-hydrogen) atoms. The molecule has 0 aliphatic rings. The number of H-pyrrole nitrogens is 1. The molecule has 2 N–H and O–H groups in total. The second-order valence-corrected chi connectivity index (χ2v) is 5.06. The van der Waals surface area contributed by atoms with E-state index in [9.17, 15) is 17.8 Å². The Bertz CT molecular complexity index is 728. The molecule has 0 fully saturated rings. The summed E-state index contributed by atoms with van der Waals surface area (Å²) >= 11 is 0. The second-order valence-electron chi connectivity index (χ2n) is 3.70. The number of hydrogen-bond donors (Lipinski definition) is 2. The van der Waals surface area contributed by atoms with Gasteiger partial charge in [-0.05, 0) is 18.6 Å². The Labute approximate surface area is 130 Å². The quantitative estimate of drug-likeness (QED) is 0.436. The number of ether oxygens (including phenoxy) is 1. The summed E-state index contributed by atoms with van der Waals surface area (Å²) in [5, 5.41) is 9.66. The average Bonchev–Trinajstić information content (AvgIpc) is 2.74. The van der Waals surface area contributed by atoms with Crippen LogP contribution in [-0.4, -0.2) is 41.0 Å². The number of esters is 1. The maximum atomic E-state index is 11.4. The molecule has 2 rings (SSSR count). The first-order valence-corrected chi connectivity index (χ1v) is 6.83. The second kappa shape index (κ2) is 6.46. The topological polar surface area (TPSA) is 122 Å². The Balaban J connectivity index is 0.00000200. The van der Waals surface area contributed by atoms with Crippen LogP contribution in [0.3, 0.4) is 0 Å². The number of hydrogen-bond acceptors (Lipinski definition) is 6. The fourth-order valence-corrected chi connectivity index (χ4v) is 2.59. The average molecular weight is 393 g/mol. The van der Waals surface area contributed by atoms with Crippen LogP contribution in [0.2, 0.25) is 0 Å². The van der Waals surface area contributed by atoms with Gasteiger partial charge >= 0.3 is 28.3 Å². The number of rotatable bonds is 4. The van der Waals surface area contributed by atoms with Gasteiger partial charge in [0.2, 0.25) is 0 Å². The van der Waals surface area contributed by atoms with Gasteiger partial charge in [-0.25, -0.2) is 0 Å². The molecule has 0 atom stereocenters. The van der Waals surface area contributed by atoms with E-state index in [1.807, 2.05) is 0 Å². The van der Waals surface area contributed by atoms with Crippen LogP contribution in [0, 0.1) is 0 Å². The van der Waals surface area contributed by atoms with Crippen molar-refractivity contribution in [3.8, 4) is 0 Å². The Morgan fingerprint density at radius 3 is 2.70 bits per heavy atom. The molecule has 0 unspecified atom stereocenters. The summed E-state index contributed by atoms with van der Waals surface area (Å²) < 4.78 is 36.9. The predicted octanol–water partition coefficient (Wildman–Crippen LogP) is 0.308. The van der Waals surface area contributed by atoms with Gasteiger partial charge < -0.3 is 4.74 Å². The van der Waals surface area contributed by atoms with E-state index in [0.717, 1.165) is 0 Å². The fourth-order valence-electron chi connectivity index (χ4n) is 1.72. The minimum Gasteiger partial charge on any atom is -0.466 e. The number of aromatic nitrogens is 3. The van der Waals surface area contributed by atoms with Gasteiger partial charge in [0.25, 0.3) is 10.1 Å². The normalized spacial score (nSPS) is 11.1. The Kier molecular flexibility index (Phi) is 5.42. The number of benzene rings is 1. The summed E-state index contributed by atoms with van der Waals surface area (Å²) in [6.07, 6.45) is -0.272. The SMILES string of the molecule is CCOC(=O)Cc1ccc2n[nH]nc2c1S(=O)(=O)O.[Ag+]. The summed E-state index contributed by atoms with van der Waals surface area (Å²) in [5.41, 5.74) is 0.381. The van der Waals surface area contributed by atoms with E-state index < -0.39 is 21.0 Å². The molecule has 1 heterocycles. The van der Waals surface area contributed by atoms with Gasteiger partial charge in [-0.2, -0.15) is 23.8 Å². The van der Waals surface area contributed by atoms with Crippen molar-refractivity contribution in [2.75, 3.05) is 6.61 Å². The van der Waals surface area contributed by atoms with Gasteiger partial charge in [0, 0.05) is 0 Å². The molecular formula is C10H11AgN3O5S+. The number of fused-ring (bicyclic) bond motifs is 1. The van der Waals surface area contributed by atoms with E-state index >= 15 is 0 Å². The van der Waals surface area contributed by atoms with E-state index in [-0.39, 0.29) is 52.0 Å². The minimum absolute atomic E-state index is 0. The third-order valence-electron chi connectivity index (χ3n) is 2.42. The molecule has 0 spiro atoms. The first-order valence-electron chi connectivity index (χ1n) is 5.39. The fraction of sp³-hybridized carbons (Fsp3) is 0.300. The molecule has 0 amide bonds. The van der Waals surface area contributed by atoms with Gasteiger partial charge in [-0.3, -0.25) is 9.35 Å². The van der Waals surface area contributed by atoms with Crippen LogP contribution in [0.5, 0.6) is 0 Å². The standard InChI is InChI=1S/C10H11N3O5S.Ag/c1-2-18-8(14)5-6-3-4-7-9(12-13-11-7)10(6)19(15,16)17;/h3-4H,2,5H2,1H3,(H,11,12,13)(H,15,16,17);/q;+1. The summed E-state index contributed by atoms with van der Waals surface area (Å²) in [4.78, 5) is 11.0. The third-order valence-corrected chi connectivity index (χ3v) is 3.39. The Hall–Kier alpha value is -1.26. The molecular weight excluding hydrogens is 382 g/mol. The van der Waals surface area contributed by atoms with Gasteiger partial charge in [0.15, 0.2) is 0 Å². The van der Waals surface area contributed by atoms with Crippen molar-refractivity contribution in [3.05, 3.63) is 17.7 Å². The zero-order valence-corrected chi connectivity index (χ0v) is 12.6. The molecule has 8 nitrogen and oxygen atoms in total. The van der Waals surface area contributed by atoms with Crippen LogP contribution in [-0.2, 0) is 48.5 Å². The van der Waals surface area contributed by atoms with Crippen molar-refractivity contribution in [2.24, 2.45) is 0 Å². The van der Waals surface area contributed by atoms with Crippen molar-refractivity contribution in [2.45, 2.75) is 18.2 Å². The molecule has 10 heteroatoms. The van der Waals surface area contributed by atoms with Crippen molar-refractivity contribution >= 4 is 27.1 Å². The number of carbonyl (C=O) groups excluding carboxylic acids is 1. The van der Waals surface area contributed by atoms with E-state index in [2.05, 4.69) is 15.4 Å². The molecule has 0 radical (unpaired) electrons. The van der Waals surface area contributed by atoms with Crippen LogP contribution in [0.25, 0.3) is 11.0 Å². The van der Waals surface area contributed by atoms with Crippen molar-refractivity contribution < 1.29 is 44.9 Å². The van der Waals surface area contributed by atoms with Crippen LogP contribution in [0.15, 0.2) is 17.0 Å². The summed E-state index contributed by atoms with van der Waals surface area (Å²) in [5.74, 6) is -0.588. The smallest absolute Gasteiger partial charge is 0.466 e. The van der Waals surface area contributed by atoms with E-state index in [0.29, 0.717) is 0 Å². The van der Waals surface area contributed by atoms with Gasteiger partial charge in [-0.1, -0.05) is 6.07 Å². The monoisotopic (exact) mass is 392 g/mol. The van der Waals surface area contributed by atoms with E-state index in [1.165, 1.54) is 12.1 Å². The molecule has 112 valence electrons. The maximum Gasteiger partial charge on any atom is 1.00 e. The number of aromatic amines is 1. The van der Waals surface area contributed by atoms with Crippen LogP contribution in [0.4, 0.5) is 0 Å². The molecule has 1 aromatic heterocycles. The van der Waals surface area contributed by atoms with E-state index in [1.54, 1.807) is 6.92 Å². The Morgan fingerprint density at radius 2 is 2.10 bits per heavy atom. The number of nitrogens with one attached hydrogen (secondary N) is 1. The molecule has 0 aliphatic heterocycles. The molecule has 1 aromatic carbocycles. The van der Waals surface area contributed by atoms with E-state index in [4.69, 9.17) is 4.74 Å². The van der Waals surface area contributed by atoms with Crippen LogP contribution in [0.1, 0.15) is 12.5 Å². The van der Waals surface area contributed by atoms with Gasteiger partial charge in [0.05, 0.1) is 13.0 Å². The summed E-state index contributed by atoms with van der Waals surface area (Å²) in [6, 6.07) is 2.90. The Morgan fingerprint density at radius 1 is 1.40 bits per heavy atom. The summed E-state index contributed by atoms with van der Waals surface area (Å²) in [7, 11) is -4.52. The molecule has 0 saturated carbocycles. The number of carbonyl (C=O) groups is 1. The molecule has 2 aromatic rings. The number of nitrogens with zero attached hydrogens (tertiary/aromatic N) is 2. The third kappa shape index (κ3) is 3.44. The summed E-state index contributed by atoms with van der Waals surface area (Å²) in [6.45, 7) is 1.83. The molecule has 0 bridgehead atoms. The van der Waals surface area contributed by atoms with Crippen LogP contribution >= 0.6 is 0 Å². The van der Waals surface area contributed by atoms with Gasteiger partial charge in [-0.15, -0.1) is 0 Å². The van der Waals surface area contributed by atoms with Crippen molar-refractivity contribution in [3.63, 3.8) is 0 Å². The largest absolute Gasteiger partial charge is 1.00 e. The minimum atomic E-state index is -4.52. The molecule has 0 aliphatic carbocycles. The first kappa shape index (κ1) is 16.8. The van der Waals surface area contributed by atoms with Crippen molar-refractivity contribution in [1.82, 2.24) is 15.4 Å². The van der Waals surface area contributed by atoms with Crippen molar-refractivity contribution in [1.29, 1.82) is 0 Å². The van der Waals surface area contributed by atoms with Gasteiger partial charge in [0.1, 0.15) is 15.9 Å². The zero-order chi connectivity index (χ0) is 14.0.